The zero-order chi connectivity index (χ0) is 18.2. The highest BCUT2D eigenvalue weighted by molar-refractivity contribution is 6.33. The molecule has 0 aliphatic heterocycles. The van der Waals surface area contributed by atoms with Crippen LogP contribution in [0, 0.1) is 0 Å². The van der Waals surface area contributed by atoms with E-state index in [9.17, 15) is 0 Å². The summed E-state index contributed by atoms with van der Waals surface area (Å²) in [6.07, 6.45) is 0.911. The molecule has 5 rings (SSSR count). The van der Waals surface area contributed by atoms with Crippen LogP contribution >= 0.6 is 11.6 Å². The molecule has 0 spiro atoms. The van der Waals surface area contributed by atoms with Crippen molar-refractivity contribution in [3.63, 3.8) is 0 Å². The van der Waals surface area contributed by atoms with E-state index in [0.717, 1.165) is 11.4 Å². The summed E-state index contributed by atoms with van der Waals surface area (Å²) >= 11 is 7.04. The quantitative estimate of drug-likeness (QED) is 0.299. The van der Waals surface area contributed by atoms with Crippen LogP contribution in [0.15, 0.2) is 97.1 Å². The first-order valence-corrected chi connectivity index (χ1v) is 9.70. The summed E-state index contributed by atoms with van der Waals surface area (Å²) in [6.45, 7) is 0. The summed E-state index contributed by atoms with van der Waals surface area (Å²) in [5.74, 6) is 0.133. The van der Waals surface area contributed by atoms with Crippen molar-refractivity contribution in [1.29, 1.82) is 0 Å². The van der Waals surface area contributed by atoms with Crippen molar-refractivity contribution in [3.8, 4) is 11.1 Å². The van der Waals surface area contributed by atoms with Crippen LogP contribution in [0.4, 0.5) is 0 Å². The first-order chi connectivity index (χ1) is 13.3. The zero-order valence-electron chi connectivity index (χ0n) is 14.9. The van der Waals surface area contributed by atoms with E-state index in [-0.39, 0.29) is 5.92 Å². The highest BCUT2D eigenvalue weighted by atomic mass is 35.5. The second-order valence-electron chi connectivity index (χ2n) is 7.08. The van der Waals surface area contributed by atoms with Gasteiger partial charge >= 0.3 is 0 Å². The molecule has 1 aliphatic carbocycles. The van der Waals surface area contributed by atoms with E-state index in [2.05, 4.69) is 97.1 Å². The molecule has 4 aromatic rings. The maximum absolute atomic E-state index is 7.04. The van der Waals surface area contributed by atoms with E-state index in [1.165, 1.54) is 38.9 Å². The van der Waals surface area contributed by atoms with Gasteiger partial charge in [-0.25, -0.2) is 0 Å². The first-order valence-electron chi connectivity index (χ1n) is 9.32. The zero-order valence-corrected chi connectivity index (χ0v) is 15.7. The largest absolute Gasteiger partial charge is 0.0837 e. The molecular weight excluding hydrogens is 348 g/mol. The second-order valence-corrected chi connectivity index (χ2v) is 7.46. The van der Waals surface area contributed by atoms with Crippen molar-refractivity contribution in [1.82, 2.24) is 0 Å². The molecule has 27 heavy (non-hydrogen) atoms. The van der Waals surface area contributed by atoms with Crippen LogP contribution in [0.3, 0.4) is 0 Å². The summed E-state index contributed by atoms with van der Waals surface area (Å²) in [5.41, 5.74) is 8.92. The van der Waals surface area contributed by atoms with Gasteiger partial charge in [-0.05, 0) is 38.9 Å². The van der Waals surface area contributed by atoms with Gasteiger partial charge in [-0.15, -0.1) is 0 Å². The smallest absolute Gasteiger partial charge is 0.0489 e. The summed E-state index contributed by atoms with van der Waals surface area (Å²) in [6, 6.07) is 34.4. The lowest BCUT2D eigenvalue weighted by molar-refractivity contribution is 0.973. The van der Waals surface area contributed by atoms with Crippen molar-refractivity contribution < 1.29 is 0 Å². The van der Waals surface area contributed by atoms with Gasteiger partial charge in [0.2, 0.25) is 0 Å². The lowest BCUT2D eigenvalue weighted by Crippen LogP contribution is -2.05. The van der Waals surface area contributed by atoms with Gasteiger partial charge in [0.25, 0.3) is 0 Å². The van der Waals surface area contributed by atoms with Crippen molar-refractivity contribution in [2.45, 2.75) is 12.3 Å². The van der Waals surface area contributed by atoms with E-state index in [4.69, 9.17) is 11.6 Å². The van der Waals surface area contributed by atoms with Crippen LogP contribution in [-0.4, -0.2) is 0 Å². The Bertz CT molecular complexity index is 1060. The standard InChI is InChI=1S/C26H19Cl/c27-26-23(16-15-22-21-14-8-7-13-20(21)17-24(22)26)25(18-9-3-1-4-10-18)19-11-5-2-6-12-19/h1-16,25H,17H2. The van der Waals surface area contributed by atoms with Crippen LogP contribution in [-0.2, 0) is 6.42 Å². The molecule has 0 amide bonds. The van der Waals surface area contributed by atoms with E-state index in [1.54, 1.807) is 0 Å². The SMILES string of the molecule is Clc1c(C(c2ccccc2)c2ccccc2)ccc2c1Cc1ccccc1-2. The maximum atomic E-state index is 7.04. The summed E-state index contributed by atoms with van der Waals surface area (Å²) < 4.78 is 0. The van der Waals surface area contributed by atoms with Crippen molar-refractivity contribution >= 4 is 11.6 Å². The molecule has 0 unspecified atom stereocenters. The minimum atomic E-state index is 0.133. The first kappa shape index (κ1) is 16.4. The second kappa shape index (κ2) is 6.72. The van der Waals surface area contributed by atoms with Crippen molar-refractivity contribution in [2.24, 2.45) is 0 Å². The van der Waals surface area contributed by atoms with Gasteiger partial charge in [-0.3, -0.25) is 0 Å². The predicted octanol–water partition coefficient (Wildman–Crippen LogP) is 7.09. The molecule has 0 nitrogen and oxygen atoms in total. The molecule has 0 radical (unpaired) electrons. The number of hydrogen-bond acceptors (Lipinski definition) is 0. The number of hydrogen-bond donors (Lipinski definition) is 0. The van der Waals surface area contributed by atoms with Crippen LogP contribution in [0.25, 0.3) is 11.1 Å². The lowest BCUT2D eigenvalue weighted by Gasteiger charge is -2.21. The van der Waals surface area contributed by atoms with Crippen molar-refractivity contribution in [3.05, 3.63) is 130 Å². The number of benzene rings is 4. The Kier molecular flexibility index (Phi) is 4.07. The summed E-state index contributed by atoms with van der Waals surface area (Å²) in [5, 5.41) is 0.904. The van der Waals surface area contributed by atoms with Gasteiger partial charge in [0.05, 0.1) is 0 Å². The van der Waals surface area contributed by atoms with Gasteiger partial charge in [-0.1, -0.05) is 109 Å². The van der Waals surface area contributed by atoms with Crippen LogP contribution in [0.5, 0.6) is 0 Å². The van der Waals surface area contributed by atoms with E-state index in [0.29, 0.717) is 0 Å². The Morgan fingerprint density at radius 1 is 0.593 bits per heavy atom. The Hall–Kier alpha value is -2.83. The van der Waals surface area contributed by atoms with Gasteiger partial charge in [0, 0.05) is 17.4 Å². The maximum Gasteiger partial charge on any atom is 0.0489 e. The molecule has 0 fully saturated rings. The van der Waals surface area contributed by atoms with Crippen molar-refractivity contribution in [2.75, 3.05) is 0 Å². The van der Waals surface area contributed by atoms with Gasteiger partial charge in [0.1, 0.15) is 0 Å². The third-order valence-corrected chi connectivity index (χ3v) is 5.97. The molecular formula is C26H19Cl. The molecule has 1 heteroatoms. The van der Waals surface area contributed by atoms with E-state index < -0.39 is 0 Å². The van der Waals surface area contributed by atoms with Gasteiger partial charge in [0.15, 0.2) is 0 Å². The molecule has 0 bridgehead atoms. The lowest BCUT2D eigenvalue weighted by atomic mass is 9.84. The Morgan fingerprint density at radius 2 is 1.19 bits per heavy atom. The summed E-state index contributed by atoms with van der Waals surface area (Å²) in [4.78, 5) is 0. The molecule has 1 aliphatic rings. The minimum Gasteiger partial charge on any atom is -0.0837 e. The molecule has 0 atom stereocenters. The molecule has 0 N–H and O–H groups in total. The average Bonchev–Trinajstić information content (AvgIpc) is 3.11. The fraction of sp³-hybridized carbons (Fsp3) is 0.0769. The molecule has 0 saturated heterocycles. The minimum absolute atomic E-state index is 0.133. The normalized spacial score (nSPS) is 12.1. The molecule has 130 valence electrons. The molecule has 0 aromatic heterocycles. The predicted molar refractivity (Wildman–Crippen MR) is 114 cm³/mol. The fourth-order valence-electron chi connectivity index (χ4n) is 4.26. The number of halogens is 1. The van der Waals surface area contributed by atoms with Crippen LogP contribution < -0.4 is 0 Å². The summed E-state index contributed by atoms with van der Waals surface area (Å²) in [7, 11) is 0. The monoisotopic (exact) mass is 366 g/mol. The fourth-order valence-corrected chi connectivity index (χ4v) is 4.60. The number of fused-ring (bicyclic) bond motifs is 3. The van der Waals surface area contributed by atoms with E-state index >= 15 is 0 Å². The highest BCUT2D eigenvalue weighted by Gasteiger charge is 2.26. The van der Waals surface area contributed by atoms with E-state index in [1.807, 2.05) is 0 Å². The average molecular weight is 367 g/mol. The molecule has 0 heterocycles. The topological polar surface area (TPSA) is 0 Å². The molecule has 4 aromatic carbocycles. The molecule has 0 saturated carbocycles. The Balaban J connectivity index is 1.69. The third-order valence-electron chi connectivity index (χ3n) is 5.52. The Morgan fingerprint density at radius 3 is 1.85 bits per heavy atom. The van der Waals surface area contributed by atoms with Gasteiger partial charge in [-0.2, -0.15) is 0 Å². The van der Waals surface area contributed by atoms with Crippen LogP contribution in [0.1, 0.15) is 33.7 Å². The Labute approximate surface area is 165 Å². The highest BCUT2D eigenvalue weighted by Crippen LogP contribution is 2.45. The van der Waals surface area contributed by atoms with Gasteiger partial charge < -0.3 is 0 Å². The number of rotatable bonds is 3. The van der Waals surface area contributed by atoms with Crippen LogP contribution in [0.2, 0.25) is 5.02 Å². The third kappa shape index (κ3) is 2.78.